The molecule has 3 aromatic rings. The first-order valence-corrected chi connectivity index (χ1v) is 7.14. The van der Waals surface area contributed by atoms with E-state index in [0.717, 1.165) is 16.5 Å². The molecule has 0 spiro atoms. The number of carbonyl (C=O) groups excluding carboxylic acids is 1. The Labute approximate surface area is 132 Å². The number of aromatic hydroxyl groups is 3. The van der Waals surface area contributed by atoms with Gasteiger partial charge < -0.3 is 25.6 Å². The molecule has 0 unspecified atom stereocenters. The van der Waals surface area contributed by atoms with Crippen molar-refractivity contribution in [2.24, 2.45) is 0 Å². The van der Waals surface area contributed by atoms with Crippen LogP contribution >= 0.6 is 0 Å². The van der Waals surface area contributed by atoms with Gasteiger partial charge in [0.05, 0.1) is 0 Å². The van der Waals surface area contributed by atoms with Crippen LogP contribution in [0.25, 0.3) is 10.9 Å². The summed E-state index contributed by atoms with van der Waals surface area (Å²) >= 11 is 0. The molecule has 1 heterocycles. The number of nitrogens with one attached hydrogen (secondary N) is 2. The van der Waals surface area contributed by atoms with Crippen molar-refractivity contribution in [3.8, 4) is 17.2 Å². The molecule has 0 atom stereocenters. The number of amides is 1. The van der Waals surface area contributed by atoms with E-state index in [9.17, 15) is 20.1 Å². The van der Waals surface area contributed by atoms with E-state index < -0.39 is 5.91 Å². The van der Waals surface area contributed by atoms with Gasteiger partial charge in [0.2, 0.25) is 0 Å². The molecule has 0 saturated carbocycles. The first kappa shape index (κ1) is 14.8. The lowest BCUT2D eigenvalue weighted by atomic mass is 10.1. The number of hydrogen-bond donors (Lipinski definition) is 5. The van der Waals surface area contributed by atoms with E-state index in [4.69, 9.17) is 0 Å². The number of carbonyl (C=O) groups is 1. The number of aromatic amines is 1. The van der Waals surface area contributed by atoms with Crippen LogP contribution in [0.5, 0.6) is 17.2 Å². The van der Waals surface area contributed by atoms with Gasteiger partial charge in [0, 0.05) is 23.6 Å². The number of phenolic OH excluding ortho intramolecular Hbond substituents is 3. The Kier molecular flexibility index (Phi) is 3.80. The van der Waals surface area contributed by atoms with Crippen LogP contribution in [0.15, 0.2) is 42.6 Å². The van der Waals surface area contributed by atoms with Gasteiger partial charge in [0.1, 0.15) is 22.8 Å². The zero-order valence-corrected chi connectivity index (χ0v) is 12.2. The first-order chi connectivity index (χ1) is 11.1. The Bertz CT molecular complexity index is 850. The van der Waals surface area contributed by atoms with Crippen molar-refractivity contribution in [2.45, 2.75) is 6.42 Å². The molecule has 0 aliphatic heterocycles. The standard InChI is InChI=1S/C17H16N2O4/c20-11-4-5-13-12(8-11)10(9-19-13)6-7-18-17(23)16-14(21)2-1-3-15(16)22/h1-5,8-9,19-22H,6-7H2,(H,18,23). The largest absolute Gasteiger partial charge is 0.508 e. The fraction of sp³-hybridized carbons (Fsp3) is 0.118. The van der Waals surface area contributed by atoms with Gasteiger partial charge in [-0.3, -0.25) is 4.79 Å². The average Bonchev–Trinajstić information content (AvgIpc) is 2.89. The fourth-order valence-electron chi connectivity index (χ4n) is 2.53. The van der Waals surface area contributed by atoms with Crippen molar-refractivity contribution in [1.82, 2.24) is 10.3 Å². The Balaban J connectivity index is 1.69. The highest BCUT2D eigenvalue weighted by Gasteiger charge is 2.15. The lowest BCUT2D eigenvalue weighted by molar-refractivity contribution is 0.0948. The molecular weight excluding hydrogens is 296 g/mol. The van der Waals surface area contributed by atoms with Crippen LogP contribution in [0, 0.1) is 0 Å². The Morgan fingerprint density at radius 3 is 2.57 bits per heavy atom. The third kappa shape index (κ3) is 2.91. The monoisotopic (exact) mass is 312 g/mol. The highest BCUT2D eigenvalue weighted by atomic mass is 16.3. The summed E-state index contributed by atoms with van der Waals surface area (Å²) < 4.78 is 0. The maximum absolute atomic E-state index is 12.1. The number of phenols is 3. The summed E-state index contributed by atoms with van der Waals surface area (Å²) in [4.78, 5) is 15.2. The predicted octanol–water partition coefficient (Wildman–Crippen LogP) is 2.26. The summed E-state index contributed by atoms with van der Waals surface area (Å²) in [5.41, 5.74) is 1.73. The van der Waals surface area contributed by atoms with Gasteiger partial charge >= 0.3 is 0 Å². The summed E-state index contributed by atoms with van der Waals surface area (Å²) in [7, 11) is 0. The lowest BCUT2D eigenvalue weighted by Crippen LogP contribution is -2.25. The maximum Gasteiger partial charge on any atom is 0.258 e. The van der Waals surface area contributed by atoms with Crippen LogP contribution in [0.3, 0.4) is 0 Å². The zero-order valence-electron chi connectivity index (χ0n) is 12.2. The van der Waals surface area contributed by atoms with Crippen LogP contribution in [0.1, 0.15) is 15.9 Å². The molecule has 0 bridgehead atoms. The Morgan fingerprint density at radius 1 is 1.09 bits per heavy atom. The summed E-state index contributed by atoms with van der Waals surface area (Å²) in [5, 5.41) is 32.4. The summed E-state index contributed by atoms with van der Waals surface area (Å²) in [6.07, 6.45) is 2.37. The van der Waals surface area contributed by atoms with Crippen molar-refractivity contribution >= 4 is 16.8 Å². The third-order valence-corrected chi connectivity index (χ3v) is 3.68. The van der Waals surface area contributed by atoms with Crippen molar-refractivity contribution in [3.63, 3.8) is 0 Å². The van der Waals surface area contributed by atoms with Gasteiger partial charge in [-0.2, -0.15) is 0 Å². The second-order valence-electron chi connectivity index (χ2n) is 5.22. The molecule has 0 aliphatic carbocycles. The summed E-state index contributed by atoms with van der Waals surface area (Å²) in [6.45, 7) is 0.329. The van der Waals surface area contributed by atoms with Crippen LogP contribution < -0.4 is 5.32 Å². The highest BCUT2D eigenvalue weighted by molar-refractivity contribution is 5.99. The van der Waals surface area contributed by atoms with E-state index in [1.165, 1.54) is 18.2 Å². The normalized spacial score (nSPS) is 10.8. The number of benzene rings is 2. The minimum atomic E-state index is -0.539. The zero-order chi connectivity index (χ0) is 16.4. The molecule has 1 aromatic heterocycles. The van der Waals surface area contributed by atoms with Crippen molar-refractivity contribution in [2.75, 3.05) is 6.54 Å². The molecule has 23 heavy (non-hydrogen) atoms. The molecule has 0 radical (unpaired) electrons. The molecule has 0 saturated heterocycles. The average molecular weight is 312 g/mol. The minimum Gasteiger partial charge on any atom is -0.508 e. The van der Waals surface area contributed by atoms with E-state index in [1.807, 2.05) is 6.20 Å². The maximum atomic E-state index is 12.1. The lowest BCUT2D eigenvalue weighted by Gasteiger charge is -2.08. The first-order valence-electron chi connectivity index (χ1n) is 7.14. The smallest absolute Gasteiger partial charge is 0.258 e. The van der Waals surface area contributed by atoms with Crippen molar-refractivity contribution in [1.29, 1.82) is 0 Å². The number of H-pyrrole nitrogens is 1. The van der Waals surface area contributed by atoms with E-state index in [0.29, 0.717) is 13.0 Å². The molecule has 0 aliphatic rings. The molecule has 118 valence electrons. The van der Waals surface area contributed by atoms with Gasteiger partial charge in [-0.25, -0.2) is 0 Å². The quantitative estimate of drug-likeness (QED) is 0.509. The Morgan fingerprint density at radius 2 is 1.83 bits per heavy atom. The minimum absolute atomic E-state index is 0.135. The van der Waals surface area contributed by atoms with Gasteiger partial charge in [-0.15, -0.1) is 0 Å². The van der Waals surface area contributed by atoms with Gasteiger partial charge in [-0.1, -0.05) is 6.07 Å². The van der Waals surface area contributed by atoms with Crippen LogP contribution in [-0.2, 0) is 6.42 Å². The molecule has 2 aromatic carbocycles. The molecule has 1 amide bonds. The van der Waals surface area contributed by atoms with Gasteiger partial charge in [0.15, 0.2) is 0 Å². The SMILES string of the molecule is O=C(NCCc1c[nH]c2ccc(O)cc12)c1c(O)cccc1O. The topological polar surface area (TPSA) is 106 Å². The summed E-state index contributed by atoms with van der Waals surface area (Å²) in [5.74, 6) is -0.885. The second kappa shape index (κ2) is 5.92. The van der Waals surface area contributed by atoms with E-state index in [2.05, 4.69) is 10.3 Å². The molecule has 3 rings (SSSR count). The number of rotatable bonds is 4. The van der Waals surface area contributed by atoms with Crippen molar-refractivity contribution in [3.05, 3.63) is 53.7 Å². The van der Waals surface area contributed by atoms with Crippen LogP contribution in [0.4, 0.5) is 0 Å². The molecular formula is C17H16N2O4. The molecule has 6 nitrogen and oxygen atoms in total. The van der Waals surface area contributed by atoms with E-state index in [1.54, 1.807) is 18.2 Å². The van der Waals surface area contributed by atoms with E-state index in [-0.39, 0.29) is 22.8 Å². The number of fused-ring (bicyclic) bond motifs is 1. The highest BCUT2D eigenvalue weighted by Crippen LogP contribution is 2.26. The molecule has 5 N–H and O–H groups in total. The van der Waals surface area contributed by atoms with E-state index >= 15 is 0 Å². The van der Waals surface area contributed by atoms with Crippen molar-refractivity contribution < 1.29 is 20.1 Å². The summed E-state index contributed by atoms with van der Waals surface area (Å²) in [6, 6.07) is 9.20. The molecule has 0 fully saturated rings. The van der Waals surface area contributed by atoms with Gasteiger partial charge in [0.25, 0.3) is 5.91 Å². The third-order valence-electron chi connectivity index (χ3n) is 3.68. The number of aromatic nitrogens is 1. The fourth-order valence-corrected chi connectivity index (χ4v) is 2.53. The second-order valence-corrected chi connectivity index (χ2v) is 5.22. The van der Waals surface area contributed by atoms with Crippen LogP contribution in [-0.4, -0.2) is 32.8 Å². The van der Waals surface area contributed by atoms with Crippen LogP contribution in [0.2, 0.25) is 0 Å². The molecule has 6 heteroatoms. The predicted molar refractivity (Wildman–Crippen MR) is 85.8 cm³/mol. The van der Waals surface area contributed by atoms with Gasteiger partial charge in [-0.05, 0) is 42.3 Å². The Hall–Kier alpha value is -3.15. The number of hydrogen-bond acceptors (Lipinski definition) is 4.